The van der Waals surface area contributed by atoms with Crippen molar-refractivity contribution in [3.63, 3.8) is 0 Å². The molecule has 5 nitrogen and oxygen atoms in total. The summed E-state index contributed by atoms with van der Waals surface area (Å²) in [6.07, 6.45) is 1.00. The number of hydrogen-bond acceptors (Lipinski definition) is 4. The van der Waals surface area contributed by atoms with Crippen molar-refractivity contribution < 1.29 is 14.3 Å². The molecule has 2 aromatic carbocycles. The fourth-order valence-electron chi connectivity index (χ4n) is 2.89. The second-order valence-electron chi connectivity index (χ2n) is 5.98. The average Bonchev–Trinajstić information content (AvgIpc) is 3.09. The minimum Gasteiger partial charge on any atom is -0.462 e. The van der Waals surface area contributed by atoms with Gasteiger partial charge in [0.25, 0.3) is 0 Å². The van der Waals surface area contributed by atoms with Crippen molar-refractivity contribution in [2.24, 2.45) is 11.7 Å². The van der Waals surface area contributed by atoms with Crippen LogP contribution >= 0.6 is 0 Å². The summed E-state index contributed by atoms with van der Waals surface area (Å²) in [5.74, 6) is -0.551. The monoisotopic (exact) mass is 324 g/mol. The normalized spacial score (nSPS) is 16.8. The predicted molar refractivity (Wildman–Crippen MR) is 92.0 cm³/mol. The Morgan fingerprint density at radius 3 is 2.38 bits per heavy atom. The number of carbonyl (C=O) groups is 2. The Hall–Kier alpha value is -2.82. The van der Waals surface area contributed by atoms with Crippen LogP contribution in [0.1, 0.15) is 27.1 Å². The maximum absolute atomic E-state index is 12.1. The summed E-state index contributed by atoms with van der Waals surface area (Å²) in [4.78, 5) is 25.4. The van der Waals surface area contributed by atoms with Gasteiger partial charge in [0, 0.05) is 30.3 Å². The maximum Gasteiger partial charge on any atom is 0.338 e. The highest BCUT2D eigenvalue weighted by molar-refractivity contribution is 5.95. The molecule has 0 bridgehead atoms. The summed E-state index contributed by atoms with van der Waals surface area (Å²) >= 11 is 0. The minimum atomic E-state index is -0.512. The first-order valence-corrected chi connectivity index (χ1v) is 8.00. The molecule has 0 aliphatic carbocycles. The van der Waals surface area contributed by atoms with Crippen molar-refractivity contribution >= 4 is 17.6 Å². The van der Waals surface area contributed by atoms with E-state index in [1.54, 1.807) is 12.1 Å². The van der Waals surface area contributed by atoms with Crippen LogP contribution in [0, 0.1) is 5.92 Å². The van der Waals surface area contributed by atoms with Crippen LogP contribution in [-0.4, -0.2) is 31.6 Å². The molecule has 3 rings (SSSR count). The molecule has 1 heterocycles. The molecule has 24 heavy (non-hydrogen) atoms. The highest BCUT2D eigenvalue weighted by Crippen LogP contribution is 2.23. The summed E-state index contributed by atoms with van der Waals surface area (Å²) in [6.45, 7) is 2.26. The van der Waals surface area contributed by atoms with Gasteiger partial charge in [-0.3, -0.25) is 4.79 Å². The van der Waals surface area contributed by atoms with E-state index in [0.717, 1.165) is 19.5 Å². The Labute approximate surface area is 141 Å². The summed E-state index contributed by atoms with van der Waals surface area (Å²) in [7, 11) is 0. The van der Waals surface area contributed by atoms with Crippen LogP contribution in [0.25, 0.3) is 0 Å². The van der Waals surface area contributed by atoms with E-state index in [1.165, 1.54) is 17.8 Å². The van der Waals surface area contributed by atoms with Gasteiger partial charge in [-0.1, -0.05) is 18.2 Å². The molecule has 5 heteroatoms. The Bertz CT molecular complexity index is 713. The Balaban J connectivity index is 1.51. The van der Waals surface area contributed by atoms with Gasteiger partial charge in [0.05, 0.1) is 12.2 Å². The van der Waals surface area contributed by atoms with E-state index in [9.17, 15) is 9.59 Å². The van der Waals surface area contributed by atoms with Gasteiger partial charge < -0.3 is 15.4 Å². The molecule has 124 valence electrons. The number of benzene rings is 2. The number of nitrogens with zero attached hydrogens (tertiary/aromatic N) is 1. The summed E-state index contributed by atoms with van der Waals surface area (Å²) < 4.78 is 5.41. The molecule has 1 atom stereocenters. The van der Waals surface area contributed by atoms with Crippen molar-refractivity contribution in [3.8, 4) is 0 Å². The van der Waals surface area contributed by atoms with Crippen LogP contribution in [-0.2, 0) is 4.74 Å². The molecular formula is C19H20N2O3. The first-order valence-electron chi connectivity index (χ1n) is 8.00. The maximum atomic E-state index is 12.1. The molecule has 1 amide bonds. The zero-order valence-electron chi connectivity index (χ0n) is 13.4. The van der Waals surface area contributed by atoms with Gasteiger partial charge in [0.1, 0.15) is 0 Å². The van der Waals surface area contributed by atoms with Crippen LogP contribution in [0.15, 0.2) is 54.6 Å². The van der Waals surface area contributed by atoms with E-state index in [4.69, 9.17) is 10.5 Å². The number of esters is 1. The Morgan fingerprint density at radius 1 is 1.04 bits per heavy atom. The molecule has 0 spiro atoms. The summed E-state index contributed by atoms with van der Waals surface area (Å²) in [5, 5.41) is 0. The van der Waals surface area contributed by atoms with Crippen LogP contribution in [0.5, 0.6) is 0 Å². The molecule has 0 saturated carbocycles. The molecule has 0 aromatic heterocycles. The Kier molecular flexibility index (Phi) is 4.79. The number of para-hydroxylation sites is 1. The smallest absolute Gasteiger partial charge is 0.338 e. The largest absolute Gasteiger partial charge is 0.462 e. The van der Waals surface area contributed by atoms with Crippen LogP contribution in [0.2, 0.25) is 0 Å². The molecule has 1 fully saturated rings. The van der Waals surface area contributed by atoms with Crippen molar-refractivity contribution in [3.05, 3.63) is 65.7 Å². The fraction of sp³-hybridized carbons (Fsp3) is 0.263. The number of nitrogens with two attached hydrogens (primary N) is 1. The molecule has 2 N–H and O–H groups in total. The lowest BCUT2D eigenvalue weighted by Gasteiger charge is -2.18. The lowest BCUT2D eigenvalue weighted by molar-refractivity contribution is 0.0451. The SMILES string of the molecule is NC(=O)c1ccc(C(=O)OCC2CCN(c3ccccc3)C2)cc1. The standard InChI is InChI=1S/C19H20N2O3/c20-18(22)15-6-8-16(9-7-15)19(23)24-13-14-10-11-21(12-14)17-4-2-1-3-5-17/h1-9,14H,10-13H2,(H2,20,22). The molecule has 1 unspecified atom stereocenters. The van der Waals surface area contributed by atoms with Crippen LogP contribution < -0.4 is 10.6 Å². The molecule has 0 radical (unpaired) electrons. The highest BCUT2D eigenvalue weighted by Gasteiger charge is 2.24. The third kappa shape index (κ3) is 3.74. The van der Waals surface area contributed by atoms with Gasteiger partial charge in [-0.05, 0) is 42.8 Å². The van der Waals surface area contributed by atoms with Gasteiger partial charge >= 0.3 is 5.97 Å². The molecule has 1 saturated heterocycles. The number of ether oxygens (including phenoxy) is 1. The first kappa shape index (κ1) is 16.1. The predicted octanol–water partition coefficient (Wildman–Crippen LogP) is 2.47. The van der Waals surface area contributed by atoms with Gasteiger partial charge in [-0.25, -0.2) is 4.79 Å². The lowest BCUT2D eigenvalue weighted by atomic mass is 10.1. The second-order valence-corrected chi connectivity index (χ2v) is 5.98. The third-order valence-corrected chi connectivity index (χ3v) is 4.26. The zero-order chi connectivity index (χ0) is 16.9. The fourth-order valence-corrected chi connectivity index (χ4v) is 2.89. The lowest BCUT2D eigenvalue weighted by Crippen LogP contribution is -2.22. The van der Waals surface area contributed by atoms with E-state index in [2.05, 4.69) is 17.0 Å². The van der Waals surface area contributed by atoms with E-state index in [0.29, 0.717) is 23.7 Å². The van der Waals surface area contributed by atoms with Crippen molar-refractivity contribution in [1.82, 2.24) is 0 Å². The molecular weight excluding hydrogens is 304 g/mol. The number of amides is 1. The summed E-state index contributed by atoms with van der Waals surface area (Å²) in [6, 6.07) is 16.4. The third-order valence-electron chi connectivity index (χ3n) is 4.26. The minimum absolute atomic E-state index is 0.332. The number of primary amides is 1. The topological polar surface area (TPSA) is 72.6 Å². The van der Waals surface area contributed by atoms with Crippen molar-refractivity contribution in [1.29, 1.82) is 0 Å². The van der Waals surface area contributed by atoms with Gasteiger partial charge in [-0.2, -0.15) is 0 Å². The van der Waals surface area contributed by atoms with Gasteiger partial charge in [-0.15, -0.1) is 0 Å². The number of carbonyl (C=O) groups excluding carboxylic acids is 2. The first-order chi connectivity index (χ1) is 11.6. The Morgan fingerprint density at radius 2 is 1.71 bits per heavy atom. The van der Waals surface area contributed by atoms with Crippen molar-refractivity contribution in [2.75, 3.05) is 24.6 Å². The molecule has 1 aliphatic rings. The number of rotatable bonds is 5. The van der Waals surface area contributed by atoms with Crippen LogP contribution in [0.4, 0.5) is 5.69 Å². The number of hydrogen-bond donors (Lipinski definition) is 1. The summed E-state index contributed by atoms with van der Waals surface area (Å²) in [5.41, 5.74) is 7.19. The van der Waals surface area contributed by atoms with Crippen LogP contribution in [0.3, 0.4) is 0 Å². The number of anilines is 1. The zero-order valence-corrected chi connectivity index (χ0v) is 13.4. The highest BCUT2D eigenvalue weighted by atomic mass is 16.5. The second kappa shape index (κ2) is 7.17. The van der Waals surface area contributed by atoms with Crippen molar-refractivity contribution in [2.45, 2.75) is 6.42 Å². The molecule has 1 aliphatic heterocycles. The average molecular weight is 324 g/mol. The van der Waals surface area contributed by atoms with Gasteiger partial charge in [0.15, 0.2) is 0 Å². The van der Waals surface area contributed by atoms with E-state index in [-0.39, 0.29) is 5.97 Å². The van der Waals surface area contributed by atoms with E-state index in [1.807, 2.05) is 18.2 Å². The van der Waals surface area contributed by atoms with E-state index >= 15 is 0 Å². The molecule has 2 aromatic rings. The quantitative estimate of drug-likeness (QED) is 0.858. The van der Waals surface area contributed by atoms with Gasteiger partial charge in [0.2, 0.25) is 5.91 Å². The van der Waals surface area contributed by atoms with E-state index < -0.39 is 5.91 Å².